The Kier molecular flexibility index (Phi) is 4.37. The van der Waals surface area contributed by atoms with Gasteiger partial charge >= 0.3 is 0 Å². The third kappa shape index (κ3) is 3.83. The number of carbonyl (C=O) groups excluding carboxylic acids is 1. The molecule has 0 spiro atoms. The molecule has 102 valence electrons. The van der Waals surface area contributed by atoms with Gasteiger partial charge < -0.3 is 11.1 Å². The van der Waals surface area contributed by atoms with Crippen LogP contribution < -0.4 is 11.1 Å². The van der Waals surface area contributed by atoms with Crippen LogP contribution in [-0.4, -0.2) is 15.9 Å². The molecule has 0 aliphatic carbocycles. The van der Waals surface area contributed by atoms with Crippen LogP contribution in [0.2, 0.25) is 0 Å². The minimum absolute atomic E-state index is 0.191. The van der Waals surface area contributed by atoms with Crippen molar-refractivity contribution >= 4 is 28.9 Å². The zero-order chi connectivity index (χ0) is 14.5. The Morgan fingerprint density at radius 1 is 1.25 bits per heavy atom. The highest BCUT2D eigenvalue weighted by Crippen LogP contribution is 2.08. The highest BCUT2D eigenvalue weighted by molar-refractivity contribution is 7.80. The summed E-state index contributed by atoms with van der Waals surface area (Å²) >= 11 is 4.85. The van der Waals surface area contributed by atoms with Crippen LogP contribution in [0.25, 0.3) is 0 Å². The van der Waals surface area contributed by atoms with E-state index in [-0.39, 0.29) is 12.3 Å². The molecule has 1 heterocycles. The van der Waals surface area contributed by atoms with Crippen LogP contribution in [0.3, 0.4) is 0 Å². The number of anilines is 1. The zero-order valence-electron chi connectivity index (χ0n) is 10.5. The number of hydrogen-bond donors (Lipinski definition) is 2. The number of amides is 1. The average Bonchev–Trinajstić information content (AvgIpc) is 2.42. The van der Waals surface area contributed by atoms with E-state index in [9.17, 15) is 9.18 Å². The molecule has 1 aromatic heterocycles. The zero-order valence-corrected chi connectivity index (χ0v) is 11.3. The number of nitrogens with two attached hydrogens (primary N) is 1. The first-order valence-corrected chi connectivity index (χ1v) is 6.25. The second-order valence-electron chi connectivity index (χ2n) is 4.15. The molecule has 0 saturated heterocycles. The van der Waals surface area contributed by atoms with E-state index in [1.807, 2.05) is 0 Å². The quantitative estimate of drug-likeness (QED) is 0.845. The van der Waals surface area contributed by atoms with Gasteiger partial charge in [-0.05, 0) is 17.7 Å². The van der Waals surface area contributed by atoms with Gasteiger partial charge in [0.15, 0.2) is 0 Å². The standard InChI is InChI=1S/C14H12FN3OS/c15-11-5-6-12(17-8-11)18-13(19)7-9-1-3-10(4-2-9)14(16)20/h1-6,8H,7H2,(H2,16,20)(H,17,18,19). The van der Waals surface area contributed by atoms with E-state index in [1.54, 1.807) is 24.3 Å². The van der Waals surface area contributed by atoms with Crippen molar-refractivity contribution in [1.82, 2.24) is 4.98 Å². The number of hydrogen-bond acceptors (Lipinski definition) is 3. The van der Waals surface area contributed by atoms with Gasteiger partial charge in [0.1, 0.15) is 16.6 Å². The van der Waals surface area contributed by atoms with E-state index >= 15 is 0 Å². The SMILES string of the molecule is NC(=S)c1ccc(CC(=O)Nc2ccc(F)cn2)cc1. The predicted octanol–water partition coefficient (Wildman–Crippen LogP) is 2.04. The largest absolute Gasteiger partial charge is 0.389 e. The summed E-state index contributed by atoms with van der Waals surface area (Å²) in [6, 6.07) is 9.74. The van der Waals surface area contributed by atoms with Crippen LogP contribution in [0, 0.1) is 5.82 Å². The molecule has 6 heteroatoms. The second-order valence-corrected chi connectivity index (χ2v) is 4.59. The van der Waals surface area contributed by atoms with E-state index in [2.05, 4.69) is 10.3 Å². The van der Waals surface area contributed by atoms with Crippen molar-refractivity contribution in [2.24, 2.45) is 5.73 Å². The molecule has 4 nitrogen and oxygen atoms in total. The van der Waals surface area contributed by atoms with E-state index in [1.165, 1.54) is 12.1 Å². The van der Waals surface area contributed by atoms with Crippen LogP contribution >= 0.6 is 12.2 Å². The maximum absolute atomic E-state index is 12.7. The van der Waals surface area contributed by atoms with Crippen LogP contribution in [0.5, 0.6) is 0 Å². The van der Waals surface area contributed by atoms with E-state index in [0.29, 0.717) is 10.8 Å². The molecule has 2 aromatic rings. The number of rotatable bonds is 4. The maximum atomic E-state index is 12.7. The summed E-state index contributed by atoms with van der Waals surface area (Å²) in [5.41, 5.74) is 7.07. The smallest absolute Gasteiger partial charge is 0.229 e. The summed E-state index contributed by atoms with van der Waals surface area (Å²) in [6.07, 6.45) is 1.24. The van der Waals surface area contributed by atoms with Crippen molar-refractivity contribution < 1.29 is 9.18 Å². The van der Waals surface area contributed by atoms with Gasteiger partial charge in [-0.2, -0.15) is 0 Å². The molecular formula is C14H12FN3OS. The topological polar surface area (TPSA) is 68.0 Å². The molecule has 0 saturated carbocycles. The molecule has 0 radical (unpaired) electrons. The first-order valence-electron chi connectivity index (χ1n) is 5.85. The monoisotopic (exact) mass is 289 g/mol. The van der Waals surface area contributed by atoms with Gasteiger partial charge in [0.2, 0.25) is 5.91 Å². The molecule has 0 bridgehead atoms. The fourth-order valence-corrected chi connectivity index (χ4v) is 1.75. The van der Waals surface area contributed by atoms with Gasteiger partial charge in [-0.25, -0.2) is 9.37 Å². The summed E-state index contributed by atoms with van der Waals surface area (Å²) in [7, 11) is 0. The van der Waals surface area contributed by atoms with Gasteiger partial charge in [-0.1, -0.05) is 36.5 Å². The summed E-state index contributed by atoms with van der Waals surface area (Å²) in [5, 5.41) is 2.59. The molecule has 0 aliphatic rings. The van der Waals surface area contributed by atoms with Gasteiger partial charge in [0.25, 0.3) is 0 Å². The number of nitrogens with one attached hydrogen (secondary N) is 1. The number of thiocarbonyl (C=S) groups is 1. The number of carbonyl (C=O) groups is 1. The lowest BCUT2D eigenvalue weighted by Gasteiger charge is -2.05. The van der Waals surface area contributed by atoms with Gasteiger partial charge in [-0.3, -0.25) is 4.79 Å². The number of nitrogens with zero attached hydrogens (tertiary/aromatic N) is 1. The van der Waals surface area contributed by atoms with Gasteiger partial charge in [-0.15, -0.1) is 0 Å². The normalized spacial score (nSPS) is 10.1. The van der Waals surface area contributed by atoms with E-state index < -0.39 is 5.82 Å². The lowest BCUT2D eigenvalue weighted by molar-refractivity contribution is -0.115. The van der Waals surface area contributed by atoms with Crippen LogP contribution in [-0.2, 0) is 11.2 Å². The lowest BCUT2D eigenvalue weighted by Crippen LogP contribution is -2.15. The second kappa shape index (κ2) is 6.21. The molecule has 1 aromatic carbocycles. The fraction of sp³-hybridized carbons (Fsp3) is 0.0714. The van der Waals surface area contributed by atoms with E-state index in [4.69, 9.17) is 18.0 Å². The van der Waals surface area contributed by atoms with E-state index in [0.717, 1.165) is 17.3 Å². The highest BCUT2D eigenvalue weighted by atomic mass is 32.1. The summed E-state index contributed by atoms with van der Waals surface area (Å²) in [6.45, 7) is 0. The Bertz CT molecular complexity index is 626. The molecule has 0 atom stereocenters. The molecule has 0 fully saturated rings. The Labute approximate surface area is 120 Å². The molecule has 20 heavy (non-hydrogen) atoms. The van der Waals surface area contributed by atoms with Crippen molar-refractivity contribution in [3.8, 4) is 0 Å². The van der Waals surface area contributed by atoms with Crippen LogP contribution in [0.4, 0.5) is 10.2 Å². The fourth-order valence-electron chi connectivity index (χ4n) is 1.61. The molecule has 0 aliphatic heterocycles. The number of aromatic nitrogens is 1. The Morgan fingerprint density at radius 3 is 2.50 bits per heavy atom. The first kappa shape index (κ1) is 14.1. The predicted molar refractivity (Wildman–Crippen MR) is 78.9 cm³/mol. The van der Waals surface area contributed by atoms with Gasteiger partial charge in [0.05, 0.1) is 12.6 Å². The van der Waals surface area contributed by atoms with Crippen molar-refractivity contribution in [3.63, 3.8) is 0 Å². The number of halogens is 1. The Balaban J connectivity index is 1.97. The summed E-state index contributed by atoms with van der Waals surface area (Å²) < 4.78 is 12.7. The van der Waals surface area contributed by atoms with Crippen LogP contribution in [0.15, 0.2) is 42.6 Å². The lowest BCUT2D eigenvalue weighted by atomic mass is 10.1. The molecule has 2 rings (SSSR count). The van der Waals surface area contributed by atoms with Crippen molar-refractivity contribution in [3.05, 3.63) is 59.5 Å². The minimum atomic E-state index is -0.448. The number of benzene rings is 1. The van der Waals surface area contributed by atoms with Gasteiger partial charge in [0, 0.05) is 5.56 Å². The maximum Gasteiger partial charge on any atom is 0.229 e. The van der Waals surface area contributed by atoms with Crippen molar-refractivity contribution in [2.45, 2.75) is 6.42 Å². The highest BCUT2D eigenvalue weighted by Gasteiger charge is 2.05. The van der Waals surface area contributed by atoms with Crippen molar-refractivity contribution in [1.29, 1.82) is 0 Å². The minimum Gasteiger partial charge on any atom is -0.389 e. The van der Waals surface area contributed by atoms with Crippen molar-refractivity contribution in [2.75, 3.05) is 5.32 Å². The average molecular weight is 289 g/mol. The molecule has 0 unspecified atom stereocenters. The Morgan fingerprint density at radius 2 is 1.95 bits per heavy atom. The molecule has 1 amide bonds. The number of pyridine rings is 1. The molecular weight excluding hydrogens is 277 g/mol. The van der Waals surface area contributed by atoms with Crippen LogP contribution in [0.1, 0.15) is 11.1 Å². The molecule has 3 N–H and O–H groups in total. The third-order valence-corrected chi connectivity index (χ3v) is 2.83. The summed E-state index contributed by atoms with van der Waals surface area (Å²) in [4.78, 5) is 15.9. The Hall–Kier alpha value is -2.34. The summed E-state index contributed by atoms with van der Waals surface area (Å²) in [5.74, 6) is -0.361. The first-order chi connectivity index (χ1) is 9.54. The third-order valence-electron chi connectivity index (χ3n) is 2.60.